The fourth-order valence-electron chi connectivity index (χ4n) is 2.65. The Morgan fingerprint density at radius 1 is 1.45 bits per heavy atom. The maximum atomic E-state index is 12.3. The van der Waals surface area contributed by atoms with Crippen LogP contribution in [0.4, 0.5) is 0 Å². The highest BCUT2D eigenvalue weighted by Gasteiger charge is 2.33. The molecule has 0 aliphatic carbocycles. The maximum absolute atomic E-state index is 12.3. The fraction of sp³-hybridized carbons (Fsp3) is 0.733. The summed E-state index contributed by atoms with van der Waals surface area (Å²) in [5.74, 6) is 1.68. The molecule has 2 atom stereocenters. The molecule has 2 rings (SSSR count). The van der Waals surface area contributed by atoms with Gasteiger partial charge >= 0.3 is 0 Å². The van der Waals surface area contributed by atoms with E-state index in [-0.39, 0.29) is 17.9 Å². The molecule has 5 heteroatoms. The monoisotopic (exact) mass is 280 g/mol. The second-order valence-electron chi connectivity index (χ2n) is 5.80. The Hall–Kier alpha value is -1.36. The lowest BCUT2D eigenvalue weighted by Crippen LogP contribution is -2.43. The normalized spacial score (nSPS) is 23.1. The maximum Gasteiger partial charge on any atom is 0.226 e. The molecule has 0 radical (unpaired) electrons. The van der Waals surface area contributed by atoms with Crippen LogP contribution < -0.4 is 5.32 Å². The molecule has 112 valence electrons. The fourth-order valence-corrected chi connectivity index (χ4v) is 2.65. The van der Waals surface area contributed by atoms with Crippen molar-refractivity contribution in [3.8, 4) is 0 Å². The van der Waals surface area contributed by atoms with E-state index in [1.165, 1.54) is 0 Å². The number of ether oxygens (including phenoxy) is 1. The first-order valence-corrected chi connectivity index (χ1v) is 7.31. The van der Waals surface area contributed by atoms with Gasteiger partial charge in [-0.05, 0) is 32.6 Å². The van der Waals surface area contributed by atoms with Crippen molar-refractivity contribution < 1.29 is 13.9 Å². The van der Waals surface area contributed by atoms with Crippen molar-refractivity contribution in [1.29, 1.82) is 0 Å². The van der Waals surface area contributed by atoms with Gasteiger partial charge in [0.25, 0.3) is 0 Å². The largest absolute Gasteiger partial charge is 0.444 e. The van der Waals surface area contributed by atoms with Crippen LogP contribution in [-0.4, -0.2) is 23.6 Å². The molecule has 1 aromatic heterocycles. The number of aryl methyl sites for hydroxylation is 2. The molecule has 1 aromatic rings. The first kappa shape index (κ1) is 15.0. The number of aromatic nitrogens is 1. The lowest BCUT2D eigenvalue weighted by Gasteiger charge is -2.33. The number of amides is 1. The van der Waals surface area contributed by atoms with E-state index < -0.39 is 0 Å². The second kappa shape index (κ2) is 6.39. The Labute approximate surface area is 120 Å². The van der Waals surface area contributed by atoms with E-state index in [0.29, 0.717) is 18.4 Å². The molecule has 0 bridgehead atoms. The quantitative estimate of drug-likeness (QED) is 0.919. The van der Waals surface area contributed by atoms with Crippen LogP contribution >= 0.6 is 0 Å². The summed E-state index contributed by atoms with van der Waals surface area (Å²) in [5.41, 5.74) is 0.871. The van der Waals surface area contributed by atoms with Gasteiger partial charge in [-0.3, -0.25) is 4.79 Å². The molecule has 1 N–H and O–H groups in total. The van der Waals surface area contributed by atoms with E-state index in [9.17, 15) is 4.79 Å². The van der Waals surface area contributed by atoms with Crippen molar-refractivity contribution in [3.05, 3.63) is 17.3 Å². The highest BCUT2D eigenvalue weighted by Crippen LogP contribution is 2.26. The molecule has 1 amide bonds. The van der Waals surface area contributed by atoms with Gasteiger partial charge in [0.2, 0.25) is 11.8 Å². The number of hydrogen-bond acceptors (Lipinski definition) is 4. The van der Waals surface area contributed by atoms with Crippen LogP contribution in [0.1, 0.15) is 44.0 Å². The van der Waals surface area contributed by atoms with Gasteiger partial charge in [-0.1, -0.05) is 13.8 Å². The Bertz CT molecular complexity index is 448. The SMILES string of the molecule is Cc1nc(CNC(=O)[C@H]2CCCO[C@H]2C(C)C)oc1C. The smallest absolute Gasteiger partial charge is 0.226 e. The van der Waals surface area contributed by atoms with E-state index in [0.717, 1.165) is 30.9 Å². The van der Waals surface area contributed by atoms with Gasteiger partial charge < -0.3 is 14.5 Å². The lowest BCUT2D eigenvalue weighted by atomic mass is 9.87. The number of hydrogen-bond donors (Lipinski definition) is 1. The van der Waals surface area contributed by atoms with Crippen molar-refractivity contribution in [2.24, 2.45) is 11.8 Å². The predicted octanol–water partition coefficient (Wildman–Crippen LogP) is 2.36. The average Bonchev–Trinajstić information content (AvgIpc) is 2.75. The third-order valence-corrected chi connectivity index (χ3v) is 3.85. The van der Waals surface area contributed by atoms with Crippen LogP contribution in [-0.2, 0) is 16.1 Å². The summed E-state index contributed by atoms with van der Waals surface area (Å²) in [7, 11) is 0. The van der Waals surface area contributed by atoms with Gasteiger partial charge in [0.05, 0.1) is 24.3 Å². The van der Waals surface area contributed by atoms with Crippen LogP contribution in [0.25, 0.3) is 0 Å². The molecular weight excluding hydrogens is 256 g/mol. The predicted molar refractivity (Wildman–Crippen MR) is 75.1 cm³/mol. The van der Waals surface area contributed by atoms with E-state index in [1.807, 2.05) is 13.8 Å². The van der Waals surface area contributed by atoms with Crippen LogP contribution in [0.2, 0.25) is 0 Å². The van der Waals surface area contributed by atoms with Crippen molar-refractivity contribution in [2.45, 2.75) is 53.2 Å². The molecule has 0 spiro atoms. The number of nitrogens with one attached hydrogen (secondary N) is 1. The zero-order chi connectivity index (χ0) is 14.7. The van der Waals surface area contributed by atoms with Gasteiger partial charge in [0.1, 0.15) is 5.76 Å². The minimum Gasteiger partial charge on any atom is -0.444 e. The molecule has 0 aromatic carbocycles. The number of carbonyl (C=O) groups excluding carboxylic acids is 1. The Morgan fingerprint density at radius 3 is 2.80 bits per heavy atom. The third-order valence-electron chi connectivity index (χ3n) is 3.85. The lowest BCUT2D eigenvalue weighted by molar-refractivity contribution is -0.137. The highest BCUT2D eigenvalue weighted by molar-refractivity contribution is 5.79. The molecule has 1 aliphatic rings. The number of rotatable bonds is 4. The Morgan fingerprint density at radius 2 is 2.20 bits per heavy atom. The summed E-state index contributed by atoms with van der Waals surface area (Å²) in [5, 5.41) is 2.92. The summed E-state index contributed by atoms with van der Waals surface area (Å²) in [6, 6.07) is 0. The summed E-state index contributed by atoms with van der Waals surface area (Å²) >= 11 is 0. The summed E-state index contributed by atoms with van der Waals surface area (Å²) in [6.45, 7) is 9.05. The van der Waals surface area contributed by atoms with Crippen LogP contribution in [0.15, 0.2) is 4.42 Å². The summed E-state index contributed by atoms with van der Waals surface area (Å²) in [4.78, 5) is 16.6. The molecule has 20 heavy (non-hydrogen) atoms. The molecular formula is C15H24N2O3. The minimum atomic E-state index is -0.0686. The molecule has 2 heterocycles. The molecule has 0 saturated carbocycles. The zero-order valence-corrected chi connectivity index (χ0v) is 12.7. The number of oxazole rings is 1. The Kier molecular flexibility index (Phi) is 4.81. The van der Waals surface area contributed by atoms with Gasteiger partial charge in [-0.2, -0.15) is 0 Å². The molecule has 1 saturated heterocycles. The summed E-state index contributed by atoms with van der Waals surface area (Å²) < 4.78 is 11.2. The Balaban J connectivity index is 1.93. The minimum absolute atomic E-state index is 0.0109. The van der Waals surface area contributed by atoms with Gasteiger partial charge in [0, 0.05) is 6.61 Å². The third kappa shape index (κ3) is 3.39. The first-order chi connectivity index (χ1) is 9.49. The molecule has 1 aliphatic heterocycles. The van der Waals surface area contributed by atoms with E-state index >= 15 is 0 Å². The van der Waals surface area contributed by atoms with E-state index in [4.69, 9.17) is 9.15 Å². The molecule has 1 fully saturated rings. The second-order valence-corrected chi connectivity index (χ2v) is 5.80. The highest BCUT2D eigenvalue weighted by atomic mass is 16.5. The van der Waals surface area contributed by atoms with Gasteiger partial charge in [0.15, 0.2) is 0 Å². The number of carbonyl (C=O) groups is 1. The van der Waals surface area contributed by atoms with E-state index in [1.54, 1.807) is 0 Å². The zero-order valence-electron chi connectivity index (χ0n) is 12.7. The van der Waals surface area contributed by atoms with Gasteiger partial charge in [-0.25, -0.2) is 4.98 Å². The molecule has 5 nitrogen and oxygen atoms in total. The van der Waals surface area contributed by atoms with Crippen LogP contribution in [0.3, 0.4) is 0 Å². The van der Waals surface area contributed by atoms with Crippen molar-refractivity contribution in [2.75, 3.05) is 6.61 Å². The van der Waals surface area contributed by atoms with E-state index in [2.05, 4.69) is 24.1 Å². The first-order valence-electron chi connectivity index (χ1n) is 7.31. The standard InChI is InChI=1S/C15H24N2O3/c1-9(2)14-12(6-5-7-19-14)15(18)16-8-13-17-10(3)11(4)20-13/h9,12,14H,5-8H2,1-4H3,(H,16,18)/t12-,14-/m0/s1. The number of nitrogens with zero attached hydrogens (tertiary/aromatic N) is 1. The van der Waals surface area contributed by atoms with Crippen molar-refractivity contribution in [3.63, 3.8) is 0 Å². The average molecular weight is 280 g/mol. The van der Waals surface area contributed by atoms with Crippen LogP contribution in [0, 0.1) is 25.7 Å². The van der Waals surface area contributed by atoms with Crippen molar-refractivity contribution in [1.82, 2.24) is 10.3 Å². The molecule has 0 unspecified atom stereocenters. The van der Waals surface area contributed by atoms with Crippen LogP contribution in [0.5, 0.6) is 0 Å². The summed E-state index contributed by atoms with van der Waals surface area (Å²) in [6.07, 6.45) is 1.84. The van der Waals surface area contributed by atoms with Gasteiger partial charge in [-0.15, -0.1) is 0 Å². The topological polar surface area (TPSA) is 64.4 Å². The van der Waals surface area contributed by atoms with Crippen molar-refractivity contribution >= 4 is 5.91 Å².